The molecule has 2 aromatic carbocycles. The van der Waals surface area contributed by atoms with Crippen LogP contribution in [-0.2, 0) is 16.0 Å². The van der Waals surface area contributed by atoms with Gasteiger partial charge in [-0.2, -0.15) is 0 Å². The molecule has 1 aliphatic rings. The van der Waals surface area contributed by atoms with E-state index in [4.69, 9.17) is 0 Å². The molecule has 1 heterocycles. The highest BCUT2D eigenvalue weighted by molar-refractivity contribution is 5.95. The van der Waals surface area contributed by atoms with Gasteiger partial charge < -0.3 is 10.6 Å². The molecule has 1 atom stereocenters. The zero-order valence-corrected chi connectivity index (χ0v) is 17.4. The summed E-state index contributed by atoms with van der Waals surface area (Å²) in [6.07, 6.45) is 4.65. The summed E-state index contributed by atoms with van der Waals surface area (Å²) in [5.41, 5.74) is 2.88. The quantitative estimate of drug-likeness (QED) is 0.737. The van der Waals surface area contributed by atoms with Gasteiger partial charge in [-0.1, -0.05) is 30.3 Å². The van der Waals surface area contributed by atoms with Crippen LogP contribution in [0.2, 0.25) is 0 Å². The van der Waals surface area contributed by atoms with E-state index in [9.17, 15) is 9.59 Å². The predicted molar refractivity (Wildman–Crippen MR) is 118 cm³/mol. The fraction of sp³-hybridized carbons (Fsp3) is 0.417. The number of aryl methyl sites for hydroxylation is 1. The number of anilines is 2. The SMILES string of the molecule is CC(=O)Nc1ccc(NC(=O)[C@@H](C)N2CCC(CCc3ccccc3)CC2)cc1. The third-order valence-corrected chi connectivity index (χ3v) is 5.73. The number of carbonyl (C=O) groups is 2. The number of hydrogen-bond acceptors (Lipinski definition) is 3. The zero-order valence-electron chi connectivity index (χ0n) is 17.4. The van der Waals surface area contributed by atoms with Crippen LogP contribution >= 0.6 is 0 Å². The van der Waals surface area contributed by atoms with Gasteiger partial charge in [-0.15, -0.1) is 0 Å². The number of amides is 2. The molecule has 0 aliphatic carbocycles. The lowest BCUT2D eigenvalue weighted by molar-refractivity contribution is -0.121. The van der Waals surface area contributed by atoms with Crippen LogP contribution in [0.4, 0.5) is 11.4 Å². The van der Waals surface area contributed by atoms with Crippen molar-refractivity contribution in [2.24, 2.45) is 5.92 Å². The summed E-state index contributed by atoms with van der Waals surface area (Å²) >= 11 is 0. The first-order valence-corrected chi connectivity index (χ1v) is 10.5. The third-order valence-electron chi connectivity index (χ3n) is 5.73. The van der Waals surface area contributed by atoms with Crippen LogP contribution in [0.15, 0.2) is 54.6 Å². The second-order valence-corrected chi connectivity index (χ2v) is 7.93. The van der Waals surface area contributed by atoms with Gasteiger partial charge in [0.05, 0.1) is 6.04 Å². The normalized spacial score (nSPS) is 16.2. The zero-order chi connectivity index (χ0) is 20.6. The lowest BCUT2D eigenvalue weighted by atomic mass is 9.90. The predicted octanol–water partition coefficient (Wildman–Crippen LogP) is 4.32. The van der Waals surface area contributed by atoms with Crippen LogP contribution in [0.1, 0.15) is 38.7 Å². The first-order chi connectivity index (χ1) is 14.0. The summed E-state index contributed by atoms with van der Waals surface area (Å²) in [7, 11) is 0. The highest BCUT2D eigenvalue weighted by Gasteiger charge is 2.26. The van der Waals surface area contributed by atoms with Crippen molar-refractivity contribution in [2.75, 3.05) is 23.7 Å². The molecule has 154 valence electrons. The van der Waals surface area contributed by atoms with Gasteiger partial charge in [0.25, 0.3) is 0 Å². The van der Waals surface area contributed by atoms with E-state index in [1.165, 1.54) is 18.9 Å². The summed E-state index contributed by atoms with van der Waals surface area (Å²) in [6.45, 7) is 5.39. The van der Waals surface area contributed by atoms with Crippen LogP contribution in [0.5, 0.6) is 0 Å². The number of hydrogen-bond donors (Lipinski definition) is 2. The first kappa shape index (κ1) is 21.1. The molecule has 1 aliphatic heterocycles. The van der Waals surface area contributed by atoms with Crippen molar-refractivity contribution < 1.29 is 9.59 Å². The van der Waals surface area contributed by atoms with E-state index in [0.29, 0.717) is 0 Å². The number of carbonyl (C=O) groups excluding carboxylic acids is 2. The summed E-state index contributed by atoms with van der Waals surface area (Å²) in [5, 5.41) is 5.71. The second kappa shape index (κ2) is 10.2. The maximum atomic E-state index is 12.6. The summed E-state index contributed by atoms with van der Waals surface area (Å²) in [5.74, 6) is 0.644. The molecule has 29 heavy (non-hydrogen) atoms. The highest BCUT2D eigenvalue weighted by Crippen LogP contribution is 2.24. The van der Waals surface area contributed by atoms with Gasteiger partial charge in [0, 0.05) is 18.3 Å². The molecule has 1 fully saturated rings. The molecule has 0 unspecified atom stereocenters. The number of nitrogens with zero attached hydrogens (tertiary/aromatic N) is 1. The molecule has 2 aromatic rings. The van der Waals surface area contributed by atoms with E-state index in [-0.39, 0.29) is 17.9 Å². The third kappa shape index (κ3) is 6.43. The fourth-order valence-electron chi connectivity index (χ4n) is 3.90. The Morgan fingerprint density at radius 2 is 1.55 bits per heavy atom. The Morgan fingerprint density at radius 3 is 2.14 bits per heavy atom. The summed E-state index contributed by atoms with van der Waals surface area (Å²) in [6, 6.07) is 17.7. The maximum Gasteiger partial charge on any atom is 0.241 e. The number of benzene rings is 2. The van der Waals surface area contributed by atoms with Crippen LogP contribution in [-0.4, -0.2) is 35.8 Å². The van der Waals surface area contributed by atoms with E-state index in [1.807, 2.05) is 19.1 Å². The Kier molecular flexibility index (Phi) is 7.42. The molecule has 0 aromatic heterocycles. The van der Waals surface area contributed by atoms with Gasteiger partial charge in [-0.3, -0.25) is 14.5 Å². The van der Waals surface area contributed by atoms with E-state index >= 15 is 0 Å². The number of piperidine rings is 1. The van der Waals surface area contributed by atoms with Crippen molar-refractivity contribution in [2.45, 2.75) is 45.6 Å². The lowest BCUT2D eigenvalue weighted by Crippen LogP contribution is -2.46. The Labute approximate surface area is 173 Å². The van der Waals surface area contributed by atoms with Gasteiger partial charge in [0.2, 0.25) is 11.8 Å². The van der Waals surface area contributed by atoms with Gasteiger partial charge in [0.15, 0.2) is 0 Å². The minimum Gasteiger partial charge on any atom is -0.326 e. The molecule has 0 bridgehead atoms. The van der Waals surface area contributed by atoms with Crippen LogP contribution < -0.4 is 10.6 Å². The minimum atomic E-state index is -0.153. The monoisotopic (exact) mass is 393 g/mol. The summed E-state index contributed by atoms with van der Waals surface area (Å²) < 4.78 is 0. The largest absolute Gasteiger partial charge is 0.326 e. The number of nitrogens with one attached hydrogen (secondary N) is 2. The second-order valence-electron chi connectivity index (χ2n) is 7.93. The van der Waals surface area contributed by atoms with Crippen molar-refractivity contribution in [3.8, 4) is 0 Å². The van der Waals surface area contributed by atoms with Gasteiger partial charge in [-0.05, 0) is 81.4 Å². The molecule has 2 N–H and O–H groups in total. The Balaban J connectivity index is 1.43. The minimum absolute atomic E-state index is 0.0139. The number of likely N-dealkylation sites (tertiary alicyclic amines) is 1. The van der Waals surface area contributed by atoms with Gasteiger partial charge >= 0.3 is 0 Å². The Bertz CT molecular complexity index is 797. The first-order valence-electron chi connectivity index (χ1n) is 10.5. The number of rotatable bonds is 7. The van der Waals surface area contributed by atoms with Crippen molar-refractivity contribution in [3.05, 3.63) is 60.2 Å². The van der Waals surface area contributed by atoms with Crippen molar-refractivity contribution >= 4 is 23.2 Å². The molecule has 0 saturated carbocycles. The molecule has 3 rings (SSSR count). The van der Waals surface area contributed by atoms with Gasteiger partial charge in [0.1, 0.15) is 0 Å². The van der Waals surface area contributed by atoms with Crippen LogP contribution in [0.25, 0.3) is 0 Å². The molecule has 5 heteroatoms. The van der Waals surface area contributed by atoms with E-state index in [1.54, 1.807) is 12.1 Å². The molecule has 5 nitrogen and oxygen atoms in total. The molecule has 0 radical (unpaired) electrons. The highest BCUT2D eigenvalue weighted by atomic mass is 16.2. The molecular weight excluding hydrogens is 362 g/mol. The lowest BCUT2D eigenvalue weighted by Gasteiger charge is -2.35. The molecular formula is C24H31N3O2. The molecule has 0 spiro atoms. The maximum absolute atomic E-state index is 12.6. The standard InChI is InChI=1S/C24H31N3O2/c1-18(24(29)26-23-12-10-22(11-13-23)25-19(2)28)27-16-14-21(15-17-27)9-8-20-6-4-3-5-7-20/h3-7,10-13,18,21H,8-9,14-17H2,1-2H3,(H,25,28)(H,26,29)/t18-/m1/s1. The Morgan fingerprint density at radius 1 is 0.966 bits per heavy atom. The molecule has 2 amide bonds. The van der Waals surface area contributed by atoms with E-state index in [0.717, 1.165) is 49.6 Å². The van der Waals surface area contributed by atoms with Crippen LogP contribution in [0.3, 0.4) is 0 Å². The van der Waals surface area contributed by atoms with Crippen molar-refractivity contribution in [1.29, 1.82) is 0 Å². The fourth-order valence-corrected chi connectivity index (χ4v) is 3.90. The Hall–Kier alpha value is -2.66. The van der Waals surface area contributed by atoms with Crippen LogP contribution in [0, 0.1) is 5.92 Å². The van der Waals surface area contributed by atoms with E-state index in [2.05, 4.69) is 45.9 Å². The topological polar surface area (TPSA) is 61.4 Å². The summed E-state index contributed by atoms with van der Waals surface area (Å²) in [4.78, 5) is 26.0. The van der Waals surface area contributed by atoms with Crippen molar-refractivity contribution in [1.82, 2.24) is 4.90 Å². The average Bonchev–Trinajstić information content (AvgIpc) is 2.74. The smallest absolute Gasteiger partial charge is 0.241 e. The van der Waals surface area contributed by atoms with Gasteiger partial charge in [-0.25, -0.2) is 0 Å². The van der Waals surface area contributed by atoms with Crippen molar-refractivity contribution in [3.63, 3.8) is 0 Å². The van der Waals surface area contributed by atoms with E-state index < -0.39 is 0 Å². The average molecular weight is 394 g/mol. The molecule has 1 saturated heterocycles.